The van der Waals surface area contributed by atoms with Gasteiger partial charge < -0.3 is 9.64 Å². The molecule has 8 heteroatoms. The van der Waals surface area contributed by atoms with E-state index in [0.29, 0.717) is 17.3 Å². The normalized spacial score (nSPS) is 15.6. The van der Waals surface area contributed by atoms with Gasteiger partial charge in [0, 0.05) is 12.7 Å². The van der Waals surface area contributed by atoms with Crippen LogP contribution in [0.15, 0.2) is 30.5 Å². The maximum atomic E-state index is 13.4. The van der Waals surface area contributed by atoms with Crippen LogP contribution in [0, 0.1) is 0 Å². The largest absolute Gasteiger partial charge is 0.474 e. The highest BCUT2D eigenvalue weighted by Gasteiger charge is 2.37. The molecule has 1 aromatic carbocycles. The molecule has 146 valence electrons. The van der Waals surface area contributed by atoms with Gasteiger partial charge in [0.25, 0.3) is 0 Å². The first-order valence-corrected chi connectivity index (χ1v) is 9.41. The highest BCUT2D eigenvalue weighted by Crippen LogP contribution is 2.38. The molecule has 0 amide bonds. The van der Waals surface area contributed by atoms with Crippen molar-refractivity contribution in [3.8, 4) is 5.88 Å². The van der Waals surface area contributed by atoms with Gasteiger partial charge in [0.1, 0.15) is 11.7 Å². The zero-order valence-corrected chi connectivity index (χ0v) is 15.7. The molecule has 4 nitrogen and oxygen atoms in total. The van der Waals surface area contributed by atoms with E-state index < -0.39 is 17.6 Å². The van der Waals surface area contributed by atoms with Crippen molar-refractivity contribution in [3.05, 3.63) is 41.0 Å². The second kappa shape index (κ2) is 8.33. The number of alkyl halides is 3. The number of rotatable bonds is 5. The molecule has 0 N–H and O–H groups in total. The van der Waals surface area contributed by atoms with Crippen LogP contribution in [0.25, 0.3) is 0 Å². The summed E-state index contributed by atoms with van der Waals surface area (Å²) in [4.78, 5) is 9.74. The molecule has 0 aliphatic heterocycles. The minimum absolute atomic E-state index is 0.129. The number of nitrogens with zero attached hydrogens (tertiary/aromatic N) is 3. The summed E-state index contributed by atoms with van der Waals surface area (Å²) in [5.41, 5.74) is -0.322. The molecule has 0 unspecified atom stereocenters. The molecule has 1 aliphatic rings. The minimum atomic E-state index is -4.58. The Labute approximate surface area is 161 Å². The van der Waals surface area contributed by atoms with Crippen molar-refractivity contribution < 1.29 is 17.9 Å². The average Bonchev–Trinajstić information content (AvgIpc) is 2.64. The highest BCUT2D eigenvalue weighted by molar-refractivity contribution is 6.33. The Morgan fingerprint density at radius 1 is 1.19 bits per heavy atom. The topological polar surface area (TPSA) is 38.2 Å². The van der Waals surface area contributed by atoms with Gasteiger partial charge in [-0.15, -0.1) is 0 Å². The van der Waals surface area contributed by atoms with Crippen LogP contribution in [0.1, 0.15) is 44.6 Å². The van der Waals surface area contributed by atoms with E-state index in [1.54, 1.807) is 29.2 Å². The Morgan fingerprint density at radius 3 is 2.52 bits per heavy atom. The maximum absolute atomic E-state index is 13.4. The number of para-hydroxylation sites is 1. The molecule has 0 radical (unpaired) electrons. The quantitative estimate of drug-likeness (QED) is 0.616. The number of benzene rings is 1. The van der Waals surface area contributed by atoms with Crippen LogP contribution in [-0.2, 0) is 6.18 Å². The number of ether oxygens (including phenoxy) is 1. The van der Waals surface area contributed by atoms with Crippen molar-refractivity contribution in [1.29, 1.82) is 0 Å². The fraction of sp³-hybridized carbons (Fsp3) is 0.474. The van der Waals surface area contributed by atoms with Gasteiger partial charge in [-0.3, -0.25) is 0 Å². The average molecular weight is 400 g/mol. The lowest BCUT2D eigenvalue weighted by molar-refractivity contribution is -0.140. The van der Waals surface area contributed by atoms with Crippen molar-refractivity contribution in [2.45, 2.75) is 51.3 Å². The number of hydrogen-bond donors (Lipinski definition) is 0. The van der Waals surface area contributed by atoms with E-state index in [-0.39, 0.29) is 12.1 Å². The van der Waals surface area contributed by atoms with Crippen LogP contribution in [0.4, 0.5) is 24.8 Å². The van der Waals surface area contributed by atoms with Crippen molar-refractivity contribution in [2.75, 3.05) is 11.4 Å². The van der Waals surface area contributed by atoms with Gasteiger partial charge in [-0.05, 0) is 44.7 Å². The number of anilines is 2. The molecule has 1 aromatic heterocycles. The SMILES string of the molecule is CCN(c1ncc(C(F)(F)F)c(OC2CCCCC2)n1)c1ccccc1Cl. The Hall–Kier alpha value is -2.02. The fourth-order valence-corrected chi connectivity index (χ4v) is 3.44. The summed E-state index contributed by atoms with van der Waals surface area (Å²) in [5, 5.41) is 0.470. The molecule has 0 spiro atoms. The monoisotopic (exact) mass is 399 g/mol. The summed E-state index contributed by atoms with van der Waals surface area (Å²) >= 11 is 6.24. The molecule has 1 aliphatic carbocycles. The van der Waals surface area contributed by atoms with E-state index in [2.05, 4.69) is 9.97 Å². The minimum Gasteiger partial charge on any atom is -0.474 e. The predicted molar refractivity (Wildman–Crippen MR) is 98.7 cm³/mol. The Morgan fingerprint density at radius 2 is 1.89 bits per heavy atom. The second-order valence-electron chi connectivity index (χ2n) is 6.46. The third-order valence-electron chi connectivity index (χ3n) is 4.58. The van der Waals surface area contributed by atoms with Gasteiger partial charge in [-0.1, -0.05) is 30.2 Å². The Bertz CT molecular complexity index is 779. The van der Waals surface area contributed by atoms with E-state index in [1.165, 1.54) is 0 Å². The fourth-order valence-electron chi connectivity index (χ4n) is 3.20. The first-order valence-electron chi connectivity index (χ1n) is 9.03. The van der Waals surface area contributed by atoms with E-state index >= 15 is 0 Å². The number of aromatic nitrogens is 2. The summed E-state index contributed by atoms with van der Waals surface area (Å²) in [6.07, 6.45) is 0.409. The van der Waals surface area contributed by atoms with Crippen LogP contribution >= 0.6 is 11.6 Å². The maximum Gasteiger partial charge on any atom is 0.423 e. The lowest BCUT2D eigenvalue weighted by Gasteiger charge is -2.26. The molecule has 1 saturated carbocycles. The molecule has 0 saturated heterocycles. The molecular formula is C19H21ClF3N3O. The summed E-state index contributed by atoms with van der Waals surface area (Å²) in [6.45, 7) is 2.30. The van der Waals surface area contributed by atoms with Gasteiger partial charge in [-0.2, -0.15) is 18.2 Å². The van der Waals surface area contributed by atoms with Gasteiger partial charge >= 0.3 is 6.18 Å². The van der Waals surface area contributed by atoms with Gasteiger partial charge in [0.15, 0.2) is 0 Å². The van der Waals surface area contributed by atoms with Crippen molar-refractivity contribution in [3.63, 3.8) is 0 Å². The molecule has 1 heterocycles. The van der Waals surface area contributed by atoms with E-state index in [4.69, 9.17) is 16.3 Å². The highest BCUT2D eigenvalue weighted by atomic mass is 35.5. The number of halogens is 4. The smallest absolute Gasteiger partial charge is 0.423 e. The number of hydrogen-bond acceptors (Lipinski definition) is 4. The van der Waals surface area contributed by atoms with Crippen molar-refractivity contribution in [2.24, 2.45) is 0 Å². The van der Waals surface area contributed by atoms with Gasteiger partial charge in [0.05, 0.1) is 10.7 Å². The predicted octanol–water partition coefficient (Wildman–Crippen LogP) is 6.02. The molecule has 0 atom stereocenters. The van der Waals surface area contributed by atoms with Crippen LogP contribution in [0.5, 0.6) is 5.88 Å². The van der Waals surface area contributed by atoms with Crippen molar-refractivity contribution >= 4 is 23.2 Å². The third-order valence-corrected chi connectivity index (χ3v) is 4.90. The summed E-state index contributed by atoms with van der Waals surface area (Å²) in [7, 11) is 0. The first-order chi connectivity index (χ1) is 12.9. The van der Waals surface area contributed by atoms with Crippen molar-refractivity contribution in [1.82, 2.24) is 9.97 Å². The molecule has 3 rings (SSSR count). The first kappa shape index (κ1) is 19.7. The molecule has 1 fully saturated rings. The van der Waals surface area contributed by atoms with Crippen LogP contribution in [-0.4, -0.2) is 22.6 Å². The zero-order chi connectivity index (χ0) is 19.4. The molecule has 0 bridgehead atoms. The molecular weight excluding hydrogens is 379 g/mol. The molecule has 2 aromatic rings. The van der Waals surface area contributed by atoms with Gasteiger partial charge in [-0.25, -0.2) is 4.98 Å². The van der Waals surface area contributed by atoms with E-state index in [9.17, 15) is 13.2 Å². The molecule has 27 heavy (non-hydrogen) atoms. The van der Waals surface area contributed by atoms with E-state index in [1.807, 2.05) is 6.92 Å². The summed E-state index contributed by atoms with van der Waals surface area (Å²) in [6, 6.07) is 7.07. The third kappa shape index (κ3) is 4.64. The van der Waals surface area contributed by atoms with Crippen LogP contribution in [0.2, 0.25) is 5.02 Å². The lowest BCUT2D eigenvalue weighted by Crippen LogP contribution is -2.24. The van der Waals surface area contributed by atoms with E-state index in [0.717, 1.165) is 38.3 Å². The summed E-state index contributed by atoms with van der Waals surface area (Å²) < 4.78 is 45.9. The Balaban J connectivity index is 1.98. The standard InChI is InChI=1S/C19H21ClF3N3O/c1-2-26(16-11-7-6-10-15(16)20)18-24-12-14(19(21,22)23)17(25-18)27-13-8-4-3-5-9-13/h6-7,10-13H,2-5,8-9H2,1H3. The van der Waals surface area contributed by atoms with Gasteiger partial charge in [0.2, 0.25) is 11.8 Å². The van der Waals surface area contributed by atoms with Crippen LogP contribution < -0.4 is 9.64 Å². The second-order valence-corrected chi connectivity index (χ2v) is 6.87. The zero-order valence-electron chi connectivity index (χ0n) is 15.0. The summed E-state index contributed by atoms with van der Waals surface area (Å²) in [5.74, 6) is -0.283. The van der Waals surface area contributed by atoms with Crippen LogP contribution in [0.3, 0.4) is 0 Å². The lowest BCUT2D eigenvalue weighted by atomic mass is 9.98. The Kier molecular flexibility index (Phi) is 6.09.